The van der Waals surface area contributed by atoms with Crippen LogP contribution in [0.25, 0.3) is 55.2 Å². The van der Waals surface area contributed by atoms with Crippen LogP contribution >= 0.6 is 0 Å². The van der Waals surface area contributed by atoms with E-state index in [1.807, 2.05) is 24.5 Å². The Morgan fingerprint density at radius 3 is 2.02 bits per heavy atom. The molecule has 0 aliphatic carbocycles. The number of pyridine rings is 2. The minimum absolute atomic E-state index is 0. The van der Waals surface area contributed by atoms with Crippen LogP contribution in [0.5, 0.6) is 0 Å². The van der Waals surface area contributed by atoms with Gasteiger partial charge in [-0.15, -0.1) is 65.2 Å². The van der Waals surface area contributed by atoms with Crippen molar-refractivity contribution < 1.29 is 20.1 Å². The molecule has 0 spiro atoms. The fraction of sp³-hybridized carbons (Fsp3) is 0.163. The van der Waals surface area contributed by atoms with Crippen LogP contribution < -0.4 is 0 Å². The van der Waals surface area contributed by atoms with Gasteiger partial charge in [-0.05, 0) is 63.3 Å². The summed E-state index contributed by atoms with van der Waals surface area (Å²) in [6.45, 7) is 10.9. The fourth-order valence-electron chi connectivity index (χ4n) is 5.76. The molecule has 0 aliphatic rings. The summed E-state index contributed by atoms with van der Waals surface area (Å²) in [7, 11) is 0. The van der Waals surface area contributed by atoms with E-state index in [4.69, 9.17) is 0 Å². The van der Waals surface area contributed by atoms with Gasteiger partial charge in [0.15, 0.2) is 0 Å². The summed E-state index contributed by atoms with van der Waals surface area (Å²) < 4.78 is 0. The van der Waals surface area contributed by atoms with E-state index >= 15 is 0 Å². The molecule has 2 heterocycles. The monoisotopic (exact) mass is 775 g/mol. The van der Waals surface area contributed by atoms with Crippen LogP contribution in [0, 0.1) is 31.4 Å². The molecule has 2 nitrogen and oxygen atoms in total. The molecule has 0 amide bonds. The average molecular weight is 775 g/mol. The zero-order valence-electron chi connectivity index (χ0n) is 27.1. The molecular weight excluding hydrogens is 737 g/mol. The average Bonchev–Trinajstić information content (AvgIpc) is 3.05. The molecule has 0 aliphatic heterocycles. The van der Waals surface area contributed by atoms with Crippen molar-refractivity contribution in [3.8, 4) is 33.6 Å². The van der Waals surface area contributed by atoms with Crippen molar-refractivity contribution in [3.63, 3.8) is 0 Å². The molecule has 5 aromatic carbocycles. The van der Waals surface area contributed by atoms with Crippen LogP contribution in [-0.4, -0.2) is 9.97 Å². The smallest absolute Gasteiger partial charge is 0.0193 e. The summed E-state index contributed by atoms with van der Waals surface area (Å²) in [4.78, 5) is 9.04. The first-order valence-corrected chi connectivity index (χ1v) is 15.5. The van der Waals surface area contributed by atoms with Crippen LogP contribution in [0.1, 0.15) is 37.5 Å². The van der Waals surface area contributed by atoms with E-state index in [2.05, 4.69) is 160 Å². The molecule has 3 heteroatoms. The van der Waals surface area contributed by atoms with Gasteiger partial charge in [0.1, 0.15) is 0 Å². The molecular formula is C43H38IrN2-2. The number of fused-ring (bicyclic) bond motifs is 3. The van der Waals surface area contributed by atoms with Gasteiger partial charge in [-0.25, -0.2) is 0 Å². The largest absolute Gasteiger partial charge is 0.304 e. The molecule has 7 rings (SSSR count). The van der Waals surface area contributed by atoms with Crippen LogP contribution in [0.3, 0.4) is 0 Å². The van der Waals surface area contributed by atoms with Crippen molar-refractivity contribution in [1.82, 2.24) is 9.97 Å². The zero-order valence-corrected chi connectivity index (χ0v) is 29.5. The normalized spacial score (nSPS) is 11.1. The van der Waals surface area contributed by atoms with E-state index in [-0.39, 0.29) is 20.1 Å². The summed E-state index contributed by atoms with van der Waals surface area (Å²) in [5.74, 6) is 0. The van der Waals surface area contributed by atoms with Gasteiger partial charge in [-0.1, -0.05) is 117 Å². The standard InChI is InChI=1S/C26H18N.C17H20N.Ir/c1-18-7-6-16-27-26(18)20-14-12-19(13-15-20)25-17-21-8-2-3-9-22(21)23-10-4-5-11-24(23)25;1-13-5-8-15(9-6-13)16-10-7-14(12-18-16)11-17(2,3)4;/h2-14,16-17H,1H3;5-8,10,12H,11H2,1-4H3;/q2*-1;. The molecule has 7 aromatic rings. The number of nitrogens with zero attached hydrogens (tertiary/aromatic N) is 2. The Kier molecular flexibility index (Phi) is 10.3. The minimum atomic E-state index is 0. The topological polar surface area (TPSA) is 25.8 Å². The number of hydrogen-bond acceptors (Lipinski definition) is 2. The van der Waals surface area contributed by atoms with Crippen molar-refractivity contribution in [2.45, 2.75) is 41.0 Å². The van der Waals surface area contributed by atoms with Crippen molar-refractivity contribution in [2.75, 3.05) is 0 Å². The van der Waals surface area contributed by atoms with Gasteiger partial charge in [0, 0.05) is 32.5 Å². The Balaban J connectivity index is 0.000000193. The first kappa shape index (κ1) is 32.9. The van der Waals surface area contributed by atoms with Crippen LogP contribution in [-0.2, 0) is 26.5 Å². The van der Waals surface area contributed by atoms with E-state index in [9.17, 15) is 0 Å². The molecule has 231 valence electrons. The van der Waals surface area contributed by atoms with E-state index < -0.39 is 0 Å². The molecule has 46 heavy (non-hydrogen) atoms. The summed E-state index contributed by atoms with van der Waals surface area (Å²) >= 11 is 0. The summed E-state index contributed by atoms with van der Waals surface area (Å²) in [5.41, 5.74) is 10.5. The maximum absolute atomic E-state index is 4.53. The SMILES string of the molecule is Cc1c[c-]c(-c2ccc(CC(C)(C)C)cn2)cc1.Cc1cccnc1-c1[c-]cc(-c2cc3ccccc3c3ccccc23)cc1.[Ir]. The summed E-state index contributed by atoms with van der Waals surface area (Å²) in [6, 6.07) is 47.0. The van der Waals surface area contributed by atoms with Gasteiger partial charge in [-0.3, -0.25) is 0 Å². The van der Waals surface area contributed by atoms with Crippen molar-refractivity contribution >= 4 is 21.5 Å². The van der Waals surface area contributed by atoms with Crippen LogP contribution in [0.15, 0.2) is 128 Å². The maximum Gasteiger partial charge on any atom is 0.0193 e. The third-order valence-electron chi connectivity index (χ3n) is 7.96. The van der Waals surface area contributed by atoms with E-state index in [1.165, 1.54) is 43.8 Å². The Bertz CT molecular complexity index is 2050. The quantitative estimate of drug-likeness (QED) is 0.131. The zero-order chi connectivity index (χ0) is 31.4. The molecule has 0 bridgehead atoms. The van der Waals surface area contributed by atoms with Gasteiger partial charge >= 0.3 is 0 Å². The second kappa shape index (κ2) is 14.3. The van der Waals surface area contributed by atoms with Gasteiger partial charge in [0.25, 0.3) is 0 Å². The van der Waals surface area contributed by atoms with Crippen LogP contribution in [0.4, 0.5) is 0 Å². The predicted molar refractivity (Wildman–Crippen MR) is 190 cm³/mol. The molecule has 0 atom stereocenters. The second-order valence-corrected chi connectivity index (χ2v) is 12.9. The number of benzene rings is 5. The summed E-state index contributed by atoms with van der Waals surface area (Å²) in [6.07, 6.45) is 4.87. The fourth-order valence-corrected chi connectivity index (χ4v) is 5.76. The third kappa shape index (κ3) is 7.68. The van der Waals surface area contributed by atoms with Crippen molar-refractivity contribution in [1.29, 1.82) is 0 Å². The molecule has 2 aromatic heterocycles. The third-order valence-corrected chi connectivity index (χ3v) is 7.96. The Morgan fingerprint density at radius 1 is 0.652 bits per heavy atom. The minimum Gasteiger partial charge on any atom is -0.304 e. The number of rotatable bonds is 4. The van der Waals surface area contributed by atoms with E-state index in [0.29, 0.717) is 5.41 Å². The van der Waals surface area contributed by atoms with Crippen molar-refractivity contribution in [3.05, 3.63) is 156 Å². The number of aryl methyl sites for hydroxylation is 2. The first-order valence-electron chi connectivity index (χ1n) is 15.5. The maximum atomic E-state index is 4.53. The summed E-state index contributed by atoms with van der Waals surface area (Å²) in [5, 5.41) is 5.11. The van der Waals surface area contributed by atoms with E-state index in [0.717, 1.165) is 34.5 Å². The molecule has 0 fully saturated rings. The molecule has 1 radical (unpaired) electrons. The van der Waals surface area contributed by atoms with Gasteiger partial charge in [0.05, 0.1) is 0 Å². The van der Waals surface area contributed by atoms with Gasteiger partial charge in [0.2, 0.25) is 0 Å². The Morgan fingerprint density at radius 2 is 1.37 bits per heavy atom. The Hall–Kier alpha value is -4.43. The van der Waals surface area contributed by atoms with Gasteiger partial charge in [-0.2, -0.15) is 0 Å². The van der Waals surface area contributed by atoms with Crippen molar-refractivity contribution in [2.24, 2.45) is 5.41 Å². The molecule has 0 N–H and O–H groups in total. The van der Waals surface area contributed by atoms with Crippen LogP contribution in [0.2, 0.25) is 0 Å². The Labute approximate surface area is 287 Å². The number of hydrogen-bond donors (Lipinski definition) is 0. The predicted octanol–water partition coefficient (Wildman–Crippen LogP) is 11.3. The van der Waals surface area contributed by atoms with Gasteiger partial charge < -0.3 is 9.97 Å². The second-order valence-electron chi connectivity index (χ2n) is 12.9. The molecule has 0 saturated carbocycles. The molecule has 0 unspecified atom stereocenters. The first-order chi connectivity index (χ1) is 21.7. The molecule has 0 saturated heterocycles. The van der Waals surface area contributed by atoms with E-state index in [1.54, 1.807) is 0 Å². The number of aromatic nitrogens is 2.